The van der Waals surface area contributed by atoms with Crippen LogP contribution in [0.2, 0.25) is 0 Å². The number of hydrogen-bond donors (Lipinski definition) is 2. The Morgan fingerprint density at radius 3 is 2.80 bits per heavy atom. The van der Waals surface area contributed by atoms with Gasteiger partial charge in [0, 0.05) is 10.7 Å². The van der Waals surface area contributed by atoms with Gasteiger partial charge < -0.3 is 5.11 Å². The number of halogens is 1. The summed E-state index contributed by atoms with van der Waals surface area (Å²) in [6.07, 6.45) is 2.75. The van der Waals surface area contributed by atoms with E-state index in [0.29, 0.717) is 17.3 Å². The molecule has 1 saturated carbocycles. The Hall–Kier alpha value is -0.820. The van der Waals surface area contributed by atoms with Crippen molar-refractivity contribution in [2.24, 2.45) is 0 Å². The Morgan fingerprint density at radius 2 is 2.20 bits per heavy atom. The van der Waals surface area contributed by atoms with Crippen LogP contribution in [0.1, 0.15) is 12.8 Å². The molecular weight excluding hydrogens is 284 g/mol. The molecule has 0 amide bonds. The maximum absolute atomic E-state index is 11.6. The normalized spacial score (nSPS) is 16.3. The lowest BCUT2D eigenvalue weighted by molar-refractivity contribution is 0.456. The first kappa shape index (κ1) is 10.7. The molecule has 7 heteroatoms. The monoisotopic (exact) mass is 292 g/mol. The molecule has 0 aliphatic heterocycles. The lowest BCUT2D eigenvalue weighted by Crippen LogP contribution is -2.17. The van der Waals surface area contributed by atoms with Crippen LogP contribution < -0.4 is 4.72 Å². The van der Waals surface area contributed by atoms with E-state index in [1.165, 1.54) is 12.3 Å². The van der Waals surface area contributed by atoms with Crippen LogP contribution in [0.15, 0.2) is 16.7 Å². The minimum absolute atomic E-state index is 0.108. The van der Waals surface area contributed by atoms with Gasteiger partial charge in [0.2, 0.25) is 15.9 Å². The molecule has 0 bridgehead atoms. The number of aromatic hydroxyl groups is 1. The van der Waals surface area contributed by atoms with Crippen molar-refractivity contribution in [2.45, 2.75) is 18.1 Å². The fourth-order valence-electron chi connectivity index (χ4n) is 1.12. The van der Waals surface area contributed by atoms with Gasteiger partial charge in [-0.05, 0) is 34.8 Å². The Kier molecular flexibility index (Phi) is 2.59. The Bertz CT molecular complexity index is 485. The summed E-state index contributed by atoms with van der Waals surface area (Å²) in [6, 6.07) is 1.47. The average molecular weight is 293 g/mol. The third kappa shape index (κ3) is 2.40. The van der Waals surface area contributed by atoms with Gasteiger partial charge in [0.15, 0.2) is 0 Å². The summed E-state index contributed by atoms with van der Waals surface area (Å²) >= 11 is 3.15. The van der Waals surface area contributed by atoms with Crippen LogP contribution in [0.25, 0.3) is 0 Å². The smallest absolute Gasteiger partial charge is 0.235 e. The van der Waals surface area contributed by atoms with Crippen molar-refractivity contribution in [3.05, 3.63) is 16.7 Å². The van der Waals surface area contributed by atoms with E-state index in [1.54, 1.807) is 0 Å². The molecule has 1 aromatic heterocycles. The summed E-state index contributed by atoms with van der Waals surface area (Å²) in [4.78, 5) is 3.62. The highest BCUT2D eigenvalue weighted by Gasteiger charge is 2.36. The SMILES string of the molecule is O=S(=O)(Nc1cc(Br)cnc1O)C1CC1. The van der Waals surface area contributed by atoms with E-state index in [9.17, 15) is 13.5 Å². The number of nitrogens with one attached hydrogen (secondary N) is 1. The van der Waals surface area contributed by atoms with Crippen molar-refractivity contribution in [1.29, 1.82) is 0 Å². The predicted molar refractivity (Wildman–Crippen MR) is 59.2 cm³/mol. The van der Waals surface area contributed by atoms with Gasteiger partial charge in [-0.25, -0.2) is 13.4 Å². The molecule has 1 fully saturated rings. The predicted octanol–water partition coefficient (Wildman–Crippen LogP) is 1.45. The van der Waals surface area contributed by atoms with Gasteiger partial charge in [0.1, 0.15) is 5.69 Å². The molecule has 0 spiro atoms. The lowest BCUT2D eigenvalue weighted by Gasteiger charge is -2.07. The van der Waals surface area contributed by atoms with Crippen molar-refractivity contribution in [1.82, 2.24) is 4.98 Å². The minimum Gasteiger partial charge on any atom is -0.492 e. The first-order valence-corrected chi connectivity index (χ1v) is 6.69. The zero-order valence-electron chi connectivity index (χ0n) is 7.64. The molecule has 1 aliphatic rings. The number of nitrogens with zero attached hydrogens (tertiary/aromatic N) is 1. The molecule has 0 saturated heterocycles. The number of sulfonamides is 1. The van der Waals surface area contributed by atoms with Crippen LogP contribution >= 0.6 is 15.9 Å². The van der Waals surface area contributed by atoms with Gasteiger partial charge in [0.25, 0.3) is 0 Å². The molecule has 82 valence electrons. The largest absolute Gasteiger partial charge is 0.492 e. The summed E-state index contributed by atoms with van der Waals surface area (Å²) in [5, 5.41) is 9.02. The van der Waals surface area contributed by atoms with Crippen LogP contribution in [-0.4, -0.2) is 23.8 Å². The number of aromatic nitrogens is 1. The maximum atomic E-state index is 11.6. The van der Waals surface area contributed by atoms with E-state index in [0.717, 1.165) is 0 Å². The fraction of sp³-hybridized carbons (Fsp3) is 0.375. The number of hydrogen-bond acceptors (Lipinski definition) is 4. The number of anilines is 1. The summed E-state index contributed by atoms with van der Waals surface area (Å²) < 4.78 is 26.0. The van der Waals surface area contributed by atoms with Crippen molar-refractivity contribution in [2.75, 3.05) is 4.72 Å². The Morgan fingerprint density at radius 1 is 1.53 bits per heavy atom. The van der Waals surface area contributed by atoms with Crippen LogP contribution in [0, 0.1) is 0 Å². The van der Waals surface area contributed by atoms with Crippen molar-refractivity contribution < 1.29 is 13.5 Å². The van der Waals surface area contributed by atoms with Crippen LogP contribution in [0.3, 0.4) is 0 Å². The fourth-order valence-corrected chi connectivity index (χ4v) is 2.83. The topological polar surface area (TPSA) is 79.3 Å². The molecule has 0 radical (unpaired) electrons. The van der Waals surface area contributed by atoms with Gasteiger partial charge in [0.05, 0.1) is 5.25 Å². The highest BCUT2D eigenvalue weighted by Crippen LogP contribution is 2.32. The summed E-state index contributed by atoms with van der Waals surface area (Å²) in [5.74, 6) is -0.317. The zero-order valence-corrected chi connectivity index (χ0v) is 10.0. The van der Waals surface area contributed by atoms with Crippen LogP contribution in [-0.2, 0) is 10.0 Å². The molecule has 0 unspecified atom stereocenters. The summed E-state index contributed by atoms with van der Waals surface area (Å²) in [7, 11) is -3.35. The zero-order chi connectivity index (χ0) is 11.1. The second-order valence-corrected chi connectivity index (χ2v) is 6.25. The van der Waals surface area contributed by atoms with Gasteiger partial charge in [-0.3, -0.25) is 4.72 Å². The summed E-state index contributed by atoms with van der Waals surface area (Å²) in [5.41, 5.74) is 0.108. The molecule has 5 nitrogen and oxygen atoms in total. The molecule has 2 rings (SSSR count). The molecule has 2 N–H and O–H groups in total. The van der Waals surface area contributed by atoms with Gasteiger partial charge >= 0.3 is 0 Å². The molecule has 0 atom stereocenters. The maximum Gasteiger partial charge on any atom is 0.235 e. The van der Waals surface area contributed by atoms with Gasteiger partial charge in [-0.15, -0.1) is 0 Å². The molecule has 0 aromatic carbocycles. The highest BCUT2D eigenvalue weighted by molar-refractivity contribution is 9.10. The first-order valence-electron chi connectivity index (χ1n) is 4.35. The quantitative estimate of drug-likeness (QED) is 0.884. The lowest BCUT2D eigenvalue weighted by atomic mass is 10.4. The van der Waals surface area contributed by atoms with Gasteiger partial charge in [-0.2, -0.15) is 0 Å². The molecular formula is C8H9BrN2O3S. The van der Waals surface area contributed by atoms with Gasteiger partial charge in [-0.1, -0.05) is 0 Å². The third-order valence-corrected chi connectivity index (χ3v) is 4.34. The Labute approximate surface area is 95.7 Å². The molecule has 1 heterocycles. The average Bonchev–Trinajstić information content (AvgIpc) is 2.93. The van der Waals surface area contributed by atoms with Crippen molar-refractivity contribution >= 4 is 31.6 Å². The minimum atomic E-state index is -3.35. The van der Waals surface area contributed by atoms with Crippen molar-refractivity contribution in [3.8, 4) is 5.88 Å². The highest BCUT2D eigenvalue weighted by atomic mass is 79.9. The second kappa shape index (κ2) is 3.64. The standard InChI is InChI=1S/C8H9BrN2O3S/c9-5-3-7(8(12)10-4-5)11-15(13,14)6-1-2-6/h3-4,6,11H,1-2H2,(H,10,12). The van der Waals surface area contributed by atoms with Crippen LogP contribution in [0.4, 0.5) is 5.69 Å². The third-order valence-electron chi connectivity index (χ3n) is 2.05. The van der Waals surface area contributed by atoms with E-state index < -0.39 is 10.0 Å². The van der Waals surface area contributed by atoms with Crippen molar-refractivity contribution in [3.63, 3.8) is 0 Å². The van der Waals surface area contributed by atoms with E-state index >= 15 is 0 Å². The number of rotatable bonds is 3. The van der Waals surface area contributed by atoms with E-state index in [-0.39, 0.29) is 16.8 Å². The van der Waals surface area contributed by atoms with E-state index in [1.807, 2.05) is 0 Å². The van der Waals surface area contributed by atoms with E-state index in [4.69, 9.17) is 0 Å². The Balaban J connectivity index is 2.27. The van der Waals surface area contributed by atoms with E-state index in [2.05, 4.69) is 25.6 Å². The first-order chi connectivity index (χ1) is 6.99. The summed E-state index contributed by atoms with van der Waals surface area (Å²) in [6.45, 7) is 0. The molecule has 1 aromatic rings. The second-order valence-electron chi connectivity index (χ2n) is 3.37. The molecule has 1 aliphatic carbocycles. The number of pyridine rings is 1. The molecule has 15 heavy (non-hydrogen) atoms. The van der Waals surface area contributed by atoms with Crippen LogP contribution in [0.5, 0.6) is 5.88 Å².